The lowest BCUT2D eigenvalue weighted by Gasteiger charge is -2.10. The Kier molecular flexibility index (Phi) is 4.81. The van der Waals surface area contributed by atoms with Crippen molar-refractivity contribution < 1.29 is 14.3 Å². The average molecular weight is 321 g/mol. The molecule has 2 aliphatic carbocycles. The van der Waals surface area contributed by atoms with E-state index in [0.717, 1.165) is 37.7 Å². The molecule has 2 aliphatic rings. The Morgan fingerprint density at radius 2 is 2.00 bits per heavy atom. The highest BCUT2D eigenvalue weighted by Gasteiger charge is 2.28. The third-order valence-corrected chi connectivity index (χ3v) is 5.81. The molecule has 1 heterocycles. The van der Waals surface area contributed by atoms with Crippen LogP contribution < -0.4 is 5.32 Å². The second-order valence-electron chi connectivity index (χ2n) is 6.18. The Morgan fingerprint density at radius 3 is 2.73 bits per heavy atom. The Bertz CT molecular complexity index is 573. The summed E-state index contributed by atoms with van der Waals surface area (Å²) in [7, 11) is 0. The first kappa shape index (κ1) is 15.5. The third kappa shape index (κ3) is 3.19. The third-order valence-electron chi connectivity index (χ3n) is 4.60. The van der Waals surface area contributed by atoms with Crippen LogP contribution in [0.25, 0.3) is 0 Å². The number of anilines is 1. The Hall–Kier alpha value is -1.36. The molecule has 0 spiro atoms. The number of hydrogen-bond donors (Lipinski definition) is 1. The van der Waals surface area contributed by atoms with Crippen LogP contribution >= 0.6 is 11.3 Å². The number of nitrogens with one attached hydrogen (secondary N) is 1. The van der Waals surface area contributed by atoms with Crippen molar-refractivity contribution in [2.45, 2.75) is 58.3 Å². The fraction of sp³-hybridized carbons (Fsp3) is 0.647. The number of ether oxygens (including phenoxy) is 1. The van der Waals surface area contributed by atoms with Gasteiger partial charge in [0, 0.05) is 11.3 Å². The number of hydrogen-bond acceptors (Lipinski definition) is 4. The van der Waals surface area contributed by atoms with Crippen LogP contribution in [0.5, 0.6) is 0 Å². The lowest BCUT2D eigenvalue weighted by Crippen LogP contribution is -2.17. The number of fused-ring (bicyclic) bond motifs is 1. The van der Waals surface area contributed by atoms with Gasteiger partial charge in [-0.3, -0.25) is 4.79 Å². The summed E-state index contributed by atoms with van der Waals surface area (Å²) in [6.45, 7) is 2.17. The number of amides is 1. The van der Waals surface area contributed by atoms with Gasteiger partial charge in [0.1, 0.15) is 5.00 Å². The van der Waals surface area contributed by atoms with Gasteiger partial charge in [0.05, 0.1) is 12.2 Å². The van der Waals surface area contributed by atoms with Crippen molar-refractivity contribution in [1.29, 1.82) is 0 Å². The molecular formula is C17H23NO3S. The summed E-state index contributed by atoms with van der Waals surface area (Å²) >= 11 is 1.56. The van der Waals surface area contributed by atoms with E-state index in [1.54, 1.807) is 11.3 Å². The van der Waals surface area contributed by atoms with Crippen LogP contribution in [0, 0.1) is 5.92 Å². The molecule has 1 aromatic rings. The van der Waals surface area contributed by atoms with Crippen molar-refractivity contribution in [1.82, 2.24) is 0 Å². The van der Waals surface area contributed by atoms with Crippen molar-refractivity contribution in [2.24, 2.45) is 5.92 Å². The van der Waals surface area contributed by atoms with E-state index in [2.05, 4.69) is 5.32 Å². The Morgan fingerprint density at radius 1 is 1.23 bits per heavy atom. The zero-order chi connectivity index (χ0) is 15.5. The Balaban J connectivity index is 1.75. The maximum Gasteiger partial charge on any atom is 0.341 e. The number of carbonyl (C=O) groups is 2. The van der Waals surface area contributed by atoms with Gasteiger partial charge in [-0.1, -0.05) is 12.8 Å². The highest BCUT2D eigenvalue weighted by atomic mass is 32.1. The van der Waals surface area contributed by atoms with Gasteiger partial charge in [-0.25, -0.2) is 4.79 Å². The molecule has 0 atom stereocenters. The monoisotopic (exact) mass is 321 g/mol. The van der Waals surface area contributed by atoms with Crippen LogP contribution in [-0.2, 0) is 22.4 Å². The maximum absolute atomic E-state index is 12.3. The van der Waals surface area contributed by atoms with Gasteiger partial charge in [0.15, 0.2) is 0 Å². The van der Waals surface area contributed by atoms with Crippen LogP contribution in [0.3, 0.4) is 0 Å². The summed E-state index contributed by atoms with van der Waals surface area (Å²) in [5, 5.41) is 3.69. The van der Waals surface area contributed by atoms with E-state index >= 15 is 0 Å². The van der Waals surface area contributed by atoms with Gasteiger partial charge >= 0.3 is 5.97 Å². The van der Waals surface area contributed by atoms with Crippen molar-refractivity contribution >= 4 is 28.2 Å². The summed E-state index contributed by atoms with van der Waals surface area (Å²) in [5.74, 6) is 0.258. The minimum Gasteiger partial charge on any atom is -0.462 e. The quantitative estimate of drug-likeness (QED) is 0.836. The Labute approximate surface area is 135 Å². The number of rotatable bonds is 5. The molecule has 1 N–H and O–H groups in total. The zero-order valence-electron chi connectivity index (χ0n) is 13.1. The van der Waals surface area contributed by atoms with Crippen LogP contribution in [0.1, 0.15) is 66.2 Å². The van der Waals surface area contributed by atoms with Crippen LogP contribution in [0.2, 0.25) is 0 Å². The van der Waals surface area contributed by atoms with Gasteiger partial charge in [-0.2, -0.15) is 0 Å². The molecule has 1 saturated carbocycles. The molecule has 5 heteroatoms. The maximum atomic E-state index is 12.3. The standard InChI is InChI=1S/C17H23NO3S/c1-2-21-17(20)15-12-8-5-9-13(12)22-16(15)18-14(19)10-11-6-3-4-7-11/h11H,2-10H2,1H3,(H,18,19). The van der Waals surface area contributed by atoms with Crippen LogP contribution in [0.15, 0.2) is 0 Å². The molecular weight excluding hydrogens is 298 g/mol. The normalized spacial score (nSPS) is 17.5. The van der Waals surface area contributed by atoms with E-state index in [1.165, 1.54) is 17.7 Å². The molecule has 1 aromatic heterocycles. The lowest BCUT2D eigenvalue weighted by atomic mass is 10.0. The molecule has 0 radical (unpaired) electrons. The minimum atomic E-state index is -0.293. The molecule has 0 saturated heterocycles. The molecule has 0 unspecified atom stereocenters. The predicted octanol–water partition coefficient (Wildman–Crippen LogP) is 3.93. The summed E-state index contributed by atoms with van der Waals surface area (Å²) in [6, 6.07) is 0. The van der Waals surface area contributed by atoms with Crippen molar-refractivity contribution in [3.63, 3.8) is 0 Å². The minimum absolute atomic E-state index is 0.0392. The summed E-state index contributed by atoms with van der Waals surface area (Å²) in [5.41, 5.74) is 1.71. The zero-order valence-corrected chi connectivity index (χ0v) is 13.9. The SMILES string of the molecule is CCOC(=O)c1c(NC(=O)CC2CCCC2)sc2c1CCC2. The number of esters is 1. The smallest absolute Gasteiger partial charge is 0.341 e. The van der Waals surface area contributed by atoms with E-state index < -0.39 is 0 Å². The second kappa shape index (κ2) is 6.82. The second-order valence-corrected chi connectivity index (χ2v) is 7.29. The van der Waals surface area contributed by atoms with Crippen LogP contribution in [-0.4, -0.2) is 18.5 Å². The molecule has 0 aliphatic heterocycles. The van der Waals surface area contributed by atoms with Crippen molar-refractivity contribution in [2.75, 3.05) is 11.9 Å². The highest BCUT2D eigenvalue weighted by molar-refractivity contribution is 7.17. The molecule has 4 nitrogen and oxygen atoms in total. The molecule has 1 fully saturated rings. The fourth-order valence-corrected chi connectivity index (χ4v) is 4.86. The number of thiophene rings is 1. The molecule has 0 aromatic carbocycles. The van der Waals surface area contributed by atoms with Crippen molar-refractivity contribution in [3.05, 3.63) is 16.0 Å². The van der Waals surface area contributed by atoms with Gasteiger partial charge < -0.3 is 10.1 Å². The lowest BCUT2D eigenvalue weighted by molar-refractivity contribution is -0.117. The van der Waals surface area contributed by atoms with E-state index in [0.29, 0.717) is 29.5 Å². The molecule has 0 bridgehead atoms. The molecule has 120 valence electrons. The number of aryl methyl sites for hydroxylation is 1. The van der Waals surface area contributed by atoms with E-state index in [-0.39, 0.29) is 11.9 Å². The first-order valence-electron chi connectivity index (χ1n) is 8.30. The number of carbonyl (C=O) groups excluding carboxylic acids is 2. The fourth-order valence-electron chi connectivity index (χ4n) is 3.57. The summed E-state index contributed by atoms with van der Waals surface area (Å²) in [4.78, 5) is 25.8. The topological polar surface area (TPSA) is 55.4 Å². The van der Waals surface area contributed by atoms with Crippen molar-refractivity contribution in [3.8, 4) is 0 Å². The first-order chi connectivity index (χ1) is 10.7. The summed E-state index contributed by atoms with van der Waals surface area (Å²) < 4.78 is 5.18. The highest BCUT2D eigenvalue weighted by Crippen LogP contribution is 2.40. The van der Waals surface area contributed by atoms with E-state index in [4.69, 9.17) is 4.74 Å². The molecule has 1 amide bonds. The predicted molar refractivity (Wildman–Crippen MR) is 87.5 cm³/mol. The van der Waals surface area contributed by atoms with E-state index in [9.17, 15) is 9.59 Å². The van der Waals surface area contributed by atoms with Gasteiger partial charge in [-0.15, -0.1) is 11.3 Å². The van der Waals surface area contributed by atoms with E-state index in [1.807, 2.05) is 6.92 Å². The summed E-state index contributed by atoms with van der Waals surface area (Å²) in [6.07, 6.45) is 8.36. The molecule has 22 heavy (non-hydrogen) atoms. The van der Waals surface area contributed by atoms with Gasteiger partial charge in [0.25, 0.3) is 0 Å². The largest absolute Gasteiger partial charge is 0.462 e. The first-order valence-corrected chi connectivity index (χ1v) is 9.12. The average Bonchev–Trinajstić information content (AvgIpc) is 3.15. The van der Waals surface area contributed by atoms with Gasteiger partial charge in [0.2, 0.25) is 5.91 Å². The molecule has 3 rings (SSSR count). The van der Waals surface area contributed by atoms with Gasteiger partial charge in [-0.05, 0) is 50.5 Å². The van der Waals surface area contributed by atoms with Crippen LogP contribution in [0.4, 0.5) is 5.00 Å².